The molecule has 0 saturated heterocycles. The number of hydrogen-bond acceptors (Lipinski definition) is 4. The van der Waals surface area contributed by atoms with Gasteiger partial charge in [0.05, 0.1) is 18.5 Å². The van der Waals surface area contributed by atoms with Gasteiger partial charge in [0, 0.05) is 33.7 Å². The molecule has 0 radical (unpaired) electrons. The van der Waals surface area contributed by atoms with Crippen molar-refractivity contribution in [1.82, 2.24) is 15.5 Å². The Morgan fingerprint density at radius 2 is 2.03 bits per heavy atom. The van der Waals surface area contributed by atoms with Crippen LogP contribution in [0.15, 0.2) is 60.0 Å². The van der Waals surface area contributed by atoms with E-state index in [4.69, 9.17) is 4.74 Å². The molecule has 156 valence electrons. The summed E-state index contributed by atoms with van der Waals surface area (Å²) in [4.78, 5) is 13.7. The molecule has 31 heavy (non-hydrogen) atoms. The lowest BCUT2D eigenvalue weighted by molar-refractivity contribution is 0.0954. The summed E-state index contributed by atoms with van der Waals surface area (Å²) in [5.74, 6) is 0.834. The van der Waals surface area contributed by atoms with Gasteiger partial charge in [0.15, 0.2) is 0 Å². The maximum Gasteiger partial charge on any atom is 0.251 e. The third-order valence-corrected chi connectivity index (χ3v) is 6.69. The van der Waals surface area contributed by atoms with E-state index in [-0.39, 0.29) is 5.91 Å². The second-order valence-corrected chi connectivity index (χ2v) is 8.64. The highest BCUT2D eigenvalue weighted by Crippen LogP contribution is 2.38. The molecule has 2 aromatic carbocycles. The number of benzene rings is 2. The van der Waals surface area contributed by atoms with Gasteiger partial charge in [-0.1, -0.05) is 18.2 Å². The number of aryl methyl sites for hydroxylation is 1. The summed E-state index contributed by atoms with van der Waals surface area (Å²) in [6.45, 7) is 0.637. The summed E-state index contributed by atoms with van der Waals surface area (Å²) < 4.78 is 5.36. The van der Waals surface area contributed by atoms with E-state index in [1.165, 1.54) is 21.6 Å². The van der Waals surface area contributed by atoms with Crippen molar-refractivity contribution in [3.8, 4) is 28.3 Å². The zero-order valence-corrected chi connectivity index (χ0v) is 18.1. The highest BCUT2D eigenvalue weighted by Gasteiger charge is 2.23. The number of nitrogens with zero attached hydrogens (tertiary/aromatic N) is 1. The van der Waals surface area contributed by atoms with Crippen LogP contribution in [0.25, 0.3) is 22.5 Å². The van der Waals surface area contributed by atoms with Crippen molar-refractivity contribution in [2.75, 3.05) is 13.7 Å². The van der Waals surface area contributed by atoms with Gasteiger partial charge >= 0.3 is 0 Å². The molecule has 1 amide bonds. The Morgan fingerprint density at radius 1 is 1.16 bits per heavy atom. The van der Waals surface area contributed by atoms with Crippen LogP contribution < -0.4 is 10.1 Å². The normalized spacial score (nSPS) is 12.2. The van der Waals surface area contributed by atoms with Gasteiger partial charge in [0.1, 0.15) is 5.75 Å². The molecular weight excluding hydrogens is 406 g/mol. The Bertz CT molecular complexity index is 1210. The van der Waals surface area contributed by atoms with E-state index in [0.29, 0.717) is 12.1 Å². The predicted octanol–water partition coefficient (Wildman–Crippen LogP) is 4.88. The van der Waals surface area contributed by atoms with E-state index in [9.17, 15) is 4.79 Å². The SMILES string of the molecule is COc1ccc2c(c1)CCc1c(-c3ccc(C(=O)NCCc4cccs4)cc3)n[nH]c1-2. The van der Waals surface area contributed by atoms with Gasteiger partial charge in [-0.3, -0.25) is 9.89 Å². The zero-order valence-electron chi connectivity index (χ0n) is 17.3. The predicted molar refractivity (Wildman–Crippen MR) is 124 cm³/mol. The molecule has 2 aromatic heterocycles. The molecule has 0 unspecified atom stereocenters. The van der Waals surface area contributed by atoms with Gasteiger partial charge in [-0.25, -0.2) is 0 Å². The minimum atomic E-state index is -0.0463. The topological polar surface area (TPSA) is 67.0 Å². The van der Waals surface area contributed by atoms with Crippen molar-refractivity contribution in [1.29, 1.82) is 0 Å². The van der Waals surface area contributed by atoms with Crippen molar-refractivity contribution >= 4 is 17.2 Å². The number of methoxy groups -OCH3 is 1. The monoisotopic (exact) mass is 429 g/mol. The number of fused-ring (bicyclic) bond motifs is 3. The quantitative estimate of drug-likeness (QED) is 0.459. The number of rotatable bonds is 6. The molecule has 1 aliphatic carbocycles. The number of amides is 1. The fourth-order valence-electron chi connectivity index (χ4n) is 4.11. The van der Waals surface area contributed by atoms with E-state index in [1.807, 2.05) is 36.4 Å². The molecule has 0 saturated carbocycles. The molecule has 6 heteroatoms. The number of aromatic nitrogens is 2. The molecule has 5 nitrogen and oxygen atoms in total. The molecule has 1 aliphatic rings. The standard InChI is InChI=1S/C25H23N3O2S/c1-30-19-9-11-21-18(15-19)8-10-22-23(27-28-24(21)22)16-4-6-17(7-5-16)25(29)26-13-12-20-3-2-14-31-20/h2-7,9,11,14-15H,8,10,12-13H2,1H3,(H,26,29)(H,27,28). The molecule has 5 rings (SSSR count). The number of carbonyl (C=O) groups excluding carboxylic acids is 1. The lowest BCUT2D eigenvalue weighted by Gasteiger charge is -2.17. The van der Waals surface area contributed by atoms with Gasteiger partial charge < -0.3 is 10.1 Å². The fourth-order valence-corrected chi connectivity index (χ4v) is 4.82. The van der Waals surface area contributed by atoms with E-state index in [2.05, 4.69) is 39.1 Å². The minimum absolute atomic E-state index is 0.0463. The van der Waals surface area contributed by atoms with Gasteiger partial charge in [-0.15, -0.1) is 11.3 Å². The number of thiophene rings is 1. The van der Waals surface area contributed by atoms with Gasteiger partial charge in [0.2, 0.25) is 0 Å². The van der Waals surface area contributed by atoms with Crippen LogP contribution in [0.1, 0.15) is 26.4 Å². The molecule has 0 aliphatic heterocycles. The Morgan fingerprint density at radius 3 is 2.81 bits per heavy atom. The van der Waals surface area contributed by atoms with Crippen LogP contribution in [0.4, 0.5) is 0 Å². The first-order valence-electron chi connectivity index (χ1n) is 10.4. The summed E-state index contributed by atoms with van der Waals surface area (Å²) in [5, 5.41) is 12.9. The third-order valence-electron chi connectivity index (χ3n) is 5.75. The Balaban J connectivity index is 1.31. The van der Waals surface area contributed by atoms with Crippen molar-refractivity contribution in [3.05, 3.63) is 81.5 Å². The first kappa shape index (κ1) is 19.6. The van der Waals surface area contributed by atoms with Gasteiger partial charge in [0.25, 0.3) is 5.91 Å². The maximum absolute atomic E-state index is 12.5. The first-order chi connectivity index (χ1) is 15.2. The smallest absolute Gasteiger partial charge is 0.251 e. The Hall–Kier alpha value is -3.38. The molecule has 2 heterocycles. The first-order valence-corrected chi connectivity index (χ1v) is 11.3. The summed E-state index contributed by atoms with van der Waals surface area (Å²) in [5.41, 5.74) is 7.40. The van der Waals surface area contributed by atoms with Crippen LogP contribution in [0.2, 0.25) is 0 Å². The Labute approximate surface area is 185 Å². The van der Waals surface area contributed by atoms with E-state index < -0.39 is 0 Å². The molecule has 2 N–H and O–H groups in total. The lowest BCUT2D eigenvalue weighted by atomic mass is 9.87. The summed E-state index contributed by atoms with van der Waals surface area (Å²) in [6.07, 6.45) is 2.73. The minimum Gasteiger partial charge on any atom is -0.497 e. The molecular formula is C25H23N3O2S. The maximum atomic E-state index is 12.5. The average molecular weight is 430 g/mol. The summed E-state index contributed by atoms with van der Waals surface area (Å²) in [7, 11) is 1.69. The largest absolute Gasteiger partial charge is 0.497 e. The zero-order chi connectivity index (χ0) is 21.2. The number of aromatic amines is 1. The van der Waals surface area contributed by atoms with Crippen LogP contribution in [-0.2, 0) is 19.3 Å². The van der Waals surface area contributed by atoms with Crippen molar-refractivity contribution in [2.24, 2.45) is 0 Å². The number of H-pyrrole nitrogens is 1. The second kappa shape index (κ2) is 8.40. The average Bonchev–Trinajstić information content (AvgIpc) is 3.48. The number of hydrogen-bond donors (Lipinski definition) is 2. The van der Waals surface area contributed by atoms with Crippen LogP contribution in [0, 0.1) is 0 Å². The van der Waals surface area contributed by atoms with Gasteiger partial charge in [-0.05, 0) is 66.6 Å². The fraction of sp³-hybridized carbons (Fsp3) is 0.200. The third kappa shape index (κ3) is 3.86. The van der Waals surface area contributed by atoms with E-state index in [1.54, 1.807) is 18.4 Å². The number of nitrogens with one attached hydrogen (secondary N) is 2. The van der Waals surface area contributed by atoms with E-state index in [0.717, 1.165) is 42.0 Å². The van der Waals surface area contributed by atoms with Crippen LogP contribution >= 0.6 is 11.3 Å². The number of ether oxygens (including phenoxy) is 1. The highest BCUT2D eigenvalue weighted by atomic mass is 32.1. The van der Waals surface area contributed by atoms with Gasteiger partial charge in [-0.2, -0.15) is 5.10 Å². The highest BCUT2D eigenvalue weighted by molar-refractivity contribution is 7.09. The number of carbonyl (C=O) groups is 1. The van der Waals surface area contributed by atoms with Crippen molar-refractivity contribution in [3.63, 3.8) is 0 Å². The molecule has 0 spiro atoms. The lowest BCUT2D eigenvalue weighted by Crippen LogP contribution is -2.25. The van der Waals surface area contributed by atoms with Crippen LogP contribution in [0.3, 0.4) is 0 Å². The van der Waals surface area contributed by atoms with Crippen LogP contribution in [-0.4, -0.2) is 29.8 Å². The van der Waals surface area contributed by atoms with Crippen molar-refractivity contribution in [2.45, 2.75) is 19.3 Å². The van der Waals surface area contributed by atoms with Crippen molar-refractivity contribution < 1.29 is 9.53 Å². The van der Waals surface area contributed by atoms with Crippen LogP contribution in [0.5, 0.6) is 5.75 Å². The molecule has 0 bridgehead atoms. The molecule has 0 fully saturated rings. The molecule has 0 atom stereocenters. The van der Waals surface area contributed by atoms with E-state index >= 15 is 0 Å². The Kier molecular flexibility index (Phi) is 5.30. The second-order valence-electron chi connectivity index (χ2n) is 7.61. The molecule has 4 aromatic rings. The summed E-state index contributed by atoms with van der Waals surface area (Å²) >= 11 is 1.71. The summed E-state index contributed by atoms with van der Waals surface area (Å²) in [6, 6.07) is 18.0.